The van der Waals surface area contributed by atoms with Crippen molar-refractivity contribution in [2.45, 2.75) is 56.3 Å². The molecule has 1 aliphatic carbocycles. The summed E-state index contributed by atoms with van der Waals surface area (Å²) in [5, 5.41) is 2.91. The van der Waals surface area contributed by atoms with E-state index < -0.39 is 6.61 Å². The molecule has 1 N–H and O–H groups in total. The number of amides is 1. The van der Waals surface area contributed by atoms with Crippen molar-refractivity contribution in [3.05, 3.63) is 23.8 Å². The highest BCUT2D eigenvalue weighted by Gasteiger charge is 2.21. The second kappa shape index (κ2) is 9.11. The van der Waals surface area contributed by atoms with Crippen molar-refractivity contribution in [3.8, 4) is 11.5 Å². The first-order chi connectivity index (χ1) is 11.5. The van der Waals surface area contributed by atoms with E-state index in [-0.39, 0.29) is 22.7 Å². The molecule has 1 fully saturated rings. The Morgan fingerprint density at radius 3 is 2.67 bits per heavy atom. The number of hydrogen-bond donors (Lipinski definition) is 1. The zero-order valence-electron chi connectivity index (χ0n) is 13.9. The maximum absolute atomic E-state index is 12.3. The van der Waals surface area contributed by atoms with Crippen LogP contribution in [0.4, 0.5) is 8.78 Å². The van der Waals surface area contributed by atoms with Crippen LogP contribution < -0.4 is 14.8 Å². The fourth-order valence-corrected chi connectivity index (χ4v) is 3.52. The summed E-state index contributed by atoms with van der Waals surface area (Å²) in [6, 6.07) is 5.14. The fourth-order valence-electron chi connectivity index (χ4n) is 2.68. The molecule has 1 atom stereocenters. The first kappa shape index (κ1) is 18.8. The third kappa shape index (κ3) is 5.54. The molecule has 4 nitrogen and oxygen atoms in total. The first-order valence-corrected chi connectivity index (χ1v) is 9.08. The topological polar surface area (TPSA) is 47.6 Å². The number of halogens is 2. The smallest absolute Gasteiger partial charge is 0.387 e. The number of thioether (sulfide) groups is 1. The summed E-state index contributed by atoms with van der Waals surface area (Å²) < 4.78 is 34.1. The van der Waals surface area contributed by atoms with Crippen molar-refractivity contribution in [2.24, 2.45) is 0 Å². The van der Waals surface area contributed by atoms with Crippen molar-refractivity contribution in [1.82, 2.24) is 5.32 Å². The molecule has 24 heavy (non-hydrogen) atoms. The van der Waals surface area contributed by atoms with Crippen LogP contribution in [-0.4, -0.2) is 30.9 Å². The highest BCUT2D eigenvalue weighted by atomic mass is 32.2. The van der Waals surface area contributed by atoms with Crippen molar-refractivity contribution in [2.75, 3.05) is 7.11 Å². The van der Waals surface area contributed by atoms with Crippen LogP contribution in [0.5, 0.6) is 11.5 Å². The Morgan fingerprint density at radius 1 is 1.33 bits per heavy atom. The molecule has 7 heteroatoms. The molecule has 1 amide bonds. The SMILES string of the molecule is COc1cc(CS[C@@H](C)C(=O)NC2CCCC2)ccc1OC(F)F. The Labute approximate surface area is 145 Å². The van der Waals surface area contributed by atoms with Crippen LogP contribution in [0.15, 0.2) is 18.2 Å². The molecule has 1 aromatic carbocycles. The quantitative estimate of drug-likeness (QED) is 0.763. The number of alkyl halides is 2. The molecule has 1 aromatic rings. The number of benzene rings is 1. The first-order valence-electron chi connectivity index (χ1n) is 8.03. The monoisotopic (exact) mass is 359 g/mol. The second-order valence-electron chi connectivity index (χ2n) is 5.81. The van der Waals surface area contributed by atoms with Crippen LogP contribution >= 0.6 is 11.8 Å². The molecule has 1 aliphatic rings. The van der Waals surface area contributed by atoms with Gasteiger partial charge in [-0.25, -0.2) is 0 Å². The molecular weight excluding hydrogens is 336 g/mol. The molecule has 2 rings (SSSR count). The van der Waals surface area contributed by atoms with Crippen LogP contribution in [0, 0.1) is 0 Å². The molecular formula is C17H23F2NO3S. The van der Waals surface area contributed by atoms with E-state index in [1.165, 1.54) is 37.8 Å². The number of nitrogens with one attached hydrogen (secondary N) is 1. The van der Waals surface area contributed by atoms with Crippen LogP contribution in [0.2, 0.25) is 0 Å². The van der Waals surface area contributed by atoms with Gasteiger partial charge in [0, 0.05) is 11.8 Å². The maximum Gasteiger partial charge on any atom is 0.387 e. The maximum atomic E-state index is 12.3. The molecule has 1 saturated carbocycles. The van der Waals surface area contributed by atoms with Crippen molar-refractivity contribution in [3.63, 3.8) is 0 Å². The standard InChI is InChI=1S/C17H23F2NO3S/c1-11(16(21)20-13-5-3-4-6-13)24-10-12-7-8-14(23-17(18)19)15(9-12)22-2/h7-9,11,13,17H,3-6,10H2,1-2H3,(H,20,21)/t11-/m0/s1. The van der Waals surface area contributed by atoms with E-state index in [9.17, 15) is 13.6 Å². The highest BCUT2D eigenvalue weighted by Crippen LogP contribution is 2.31. The van der Waals surface area contributed by atoms with Gasteiger partial charge in [0.25, 0.3) is 0 Å². The molecule has 0 spiro atoms. The van der Waals surface area contributed by atoms with Gasteiger partial charge in [-0.05, 0) is 37.5 Å². The van der Waals surface area contributed by atoms with E-state index in [4.69, 9.17) is 4.74 Å². The number of methoxy groups -OCH3 is 1. The summed E-state index contributed by atoms with van der Waals surface area (Å²) in [6.45, 7) is -1.01. The van der Waals surface area contributed by atoms with E-state index in [1.807, 2.05) is 6.92 Å². The van der Waals surface area contributed by atoms with E-state index in [1.54, 1.807) is 12.1 Å². The second-order valence-corrected chi connectivity index (χ2v) is 7.14. The van der Waals surface area contributed by atoms with Crippen molar-refractivity contribution >= 4 is 17.7 Å². The number of ether oxygens (including phenoxy) is 2. The zero-order valence-corrected chi connectivity index (χ0v) is 14.7. The Balaban J connectivity index is 1.87. The Morgan fingerprint density at radius 2 is 2.04 bits per heavy atom. The lowest BCUT2D eigenvalue weighted by molar-refractivity contribution is -0.120. The third-order valence-electron chi connectivity index (χ3n) is 4.01. The minimum Gasteiger partial charge on any atom is -0.493 e. The fraction of sp³-hybridized carbons (Fsp3) is 0.588. The average Bonchev–Trinajstić information content (AvgIpc) is 3.05. The summed E-state index contributed by atoms with van der Waals surface area (Å²) in [4.78, 5) is 12.2. The molecule has 0 heterocycles. The molecule has 0 aromatic heterocycles. The van der Waals surface area contributed by atoms with E-state index in [2.05, 4.69) is 10.1 Å². The minimum absolute atomic E-state index is 0.00766. The third-order valence-corrected chi connectivity index (χ3v) is 5.23. The Bertz CT molecular complexity index is 551. The summed E-state index contributed by atoms with van der Waals surface area (Å²) >= 11 is 1.50. The molecule has 0 radical (unpaired) electrons. The number of carbonyl (C=O) groups excluding carboxylic acids is 1. The predicted octanol–water partition coefficient (Wildman–Crippen LogP) is 3.98. The van der Waals surface area contributed by atoms with E-state index >= 15 is 0 Å². The van der Waals surface area contributed by atoms with Gasteiger partial charge in [0.2, 0.25) is 5.91 Å². The van der Waals surface area contributed by atoms with Gasteiger partial charge in [-0.2, -0.15) is 8.78 Å². The largest absolute Gasteiger partial charge is 0.493 e. The molecule has 0 unspecified atom stereocenters. The number of carbonyl (C=O) groups is 1. The molecule has 0 saturated heterocycles. The van der Waals surface area contributed by atoms with E-state index in [0.717, 1.165) is 18.4 Å². The summed E-state index contributed by atoms with van der Waals surface area (Å²) in [7, 11) is 1.41. The summed E-state index contributed by atoms with van der Waals surface area (Å²) in [5.74, 6) is 0.908. The highest BCUT2D eigenvalue weighted by molar-refractivity contribution is 7.99. The lowest BCUT2D eigenvalue weighted by atomic mass is 10.2. The van der Waals surface area contributed by atoms with Gasteiger partial charge < -0.3 is 14.8 Å². The van der Waals surface area contributed by atoms with Gasteiger partial charge in [0.15, 0.2) is 11.5 Å². The molecule has 0 aliphatic heterocycles. The van der Waals surface area contributed by atoms with Gasteiger partial charge in [-0.1, -0.05) is 18.9 Å². The van der Waals surface area contributed by atoms with Crippen molar-refractivity contribution < 1.29 is 23.0 Å². The molecule has 0 bridgehead atoms. The van der Waals surface area contributed by atoms with Crippen LogP contribution in [0.3, 0.4) is 0 Å². The predicted molar refractivity (Wildman–Crippen MR) is 90.8 cm³/mol. The Hall–Kier alpha value is -1.50. The van der Waals surface area contributed by atoms with Crippen molar-refractivity contribution in [1.29, 1.82) is 0 Å². The van der Waals surface area contributed by atoms with E-state index in [0.29, 0.717) is 11.8 Å². The lowest BCUT2D eigenvalue weighted by Crippen LogP contribution is -2.37. The van der Waals surface area contributed by atoms with Gasteiger partial charge in [0.05, 0.1) is 12.4 Å². The Kier molecular flexibility index (Phi) is 7.15. The molecule has 134 valence electrons. The number of hydrogen-bond acceptors (Lipinski definition) is 4. The van der Waals surface area contributed by atoms with Gasteiger partial charge in [0.1, 0.15) is 0 Å². The van der Waals surface area contributed by atoms with Gasteiger partial charge >= 0.3 is 6.61 Å². The summed E-state index contributed by atoms with van der Waals surface area (Å²) in [6.07, 6.45) is 4.48. The normalized spacial score (nSPS) is 16.2. The lowest BCUT2D eigenvalue weighted by Gasteiger charge is -2.17. The zero-order chi connectivity index (χ0) is 17.5. The van der Waals surface area contributed by atoms with Gasteiger partial charge in [-0.3, -0.25) is 4.79 Å². The van der Waals surface area contributed by atoms with Gasteiger partial charge in [-0.15, -0.1) is 11.8 Å². The van der Waals surface area contributed by atoms with Crippen LogP contribution in [-0.2, 0) is 10.5 Å². The summed E-state index contributed by atoms with van der Waals surface area (Å²) in [5.41, 5.74) is 0.888. The van der Waals surface area contributed by atoms with Crippen LogP contribution in [0.25, 0.3) is 0 Å². The minimum atomic E-state index is -2.89. The average molecular weight is 359 g/mol. The number of rotatable bonds is 8. The van der Waals surface area contributed by atoms with Crippen LogP contribution in [0.1, 0.15) is 38.2 Å².